The summed E-state index contributed by atoms with van der Waals surface area (Å²) in [6.45, 7) is 8.49. The largest absolute Gasteiger partial charge is 0.487 e. The Morgan fingerprint density at radius 1 is 1.40 bits per heavy atom. The summed E-state index contributed by atoms with van der Waals surface area (Å²) in [5.41, 5.74) is 2.50. The second kappa shape index (κ2) is 6.59. The van der Waals surface area contributed by atoms with Crippen LogP contribution in [0.25, 0.3) is 0 Å². The summed E-state index contributed by atoms with van der Waals surface area (Å²) in [5, 5.41) is 12.5. The Morgan fingerprint density at radius 3 is 2.95 bits per heavy atom. The standard InChI is InChI=1S/C17H27NO2/c1-13(12-19)6-5-9-18-11-15-8-4-7-14-10-17(2,3)20-16(14)15/h4,7-8,13,18-19H,5-6,9-12H2,1-3H3. The molecular weight excluding hydrogens is 250 g/mol. The van der Waals surface area contributed by atoms with E-state index in [0.29, 0.717) is 5.92 Å². The van der Waals surface area contributed by atoms with Crippen LogP contribution >= 0.6 is 0 Å². The van der Waals surface area contributed by atoms with E-state index in [4.69, 9.17) is 9.84 Å². The van der Waals surface area contributed by atoms with Gasteiger partial charge < -0.3 is 15.2 Å². The van der Waals surface area contributed by atoms with Crippen LogP contribution in [-0.2, 0) is 13.0 Å². The molecule has 1 atom stereocenters. The van der Waals surface area contributed by atoms with Gasteiger partial charge in [0.15, 0.2) is 0 Å². The highest BCUT2D eigenvalue weighted by atomic mass is 16.5. The van der Waals surface area contributed by atoms with Gasteiger partial charge in [-0.05, 0) is 44.7 Å². The predicted molar refractivity (Wildman–Crippen MR) is 82.0 cm³/mol. The van der Waals surface area contributed by atoms with Gasteiger partial charge in [-0.1, -0.05) is 25.1 Å². The lowest BCUT2D eigenvalue weighted by Crippen LogP contribution is -2.25. The van der Waals surface area contributed by atoms with Gasteiger partial charge in [0.25, 0.3) is 0 Å². The first-order valence-corrected chi connectivity index (χ1v) is 7.63. The Bertz CT molecular complexity index is 443. The molecule has 0 fully saturated rings. The molecule has 1 aliphatic heterocycles. The number of ether oxygens (including phenoxy) is 1. The van der Waals surface area contributed by atoms with E-state index in [9.17, 15) is 0 Å². The lowest BCUT2D eigenvalue weighted by atomic mass is 10.0. The van der Waals surface area contributed by atoms with Crippen molar-refractivity contribution >= 4 is 0 Å². The van der Waals surface area contributed by atoms with Crippen LogP contribution in [0.3, 0.4) is 0 Å². The van der Waals surface area contributed by atoms with Crippen LogP contribution in [0, 0.1) is 5.92 Å². The Balaban J connectivity index is 1.82. The zero-order chi connectivity index (χ0) is 14.6. The molecule has 0 radical (unpaired) electrons. The van der Waals surface area contributed by atoms with Crippen molar-refractivity contribution in [1.29, 1.82) is 0 Å². The van der Waals surface area contributed by atoms with Crippen molar-refractivity contribution in [2.45, 2.75) is 52.2 Å². The third kappa shape index (κ3) is 3.97. The van der Waals surface area contributed by atoms with Crippen molar-refractivity contribution in [3.8, 4) is 5.75 Å². The van der Waals surface area contributed by atoms with Gasteiger partial charge in [-0.2, -0.15) is 0 Å². The minimum absolute atomic E-state index is 0.0744. The highest BCUT2D eigenvalue weighted by molar-refractivity contribution is 5.45. The molecule has 1 aromatic carbocycles. The molecule has 1 heterocycles. The quantitative estimate of drug-likeness (QED) is 0.753. The van der Waals surface area contributed by atoms with Crippen molar-refractivity contribution in [2.24, 2.45) is 5.92 Å². The van der Waals surface area contributed by atoms with Crippen molar-refractivity contribution in [2.75, 3.05) is 13.2 Å². The maximum Gasteiger partial charge on any atom is 0.127 e. The second-order valence-corrected chi connectivity index (χ2v) is 6.55. The van der Waals surface area contributed by atoms with Crippen LogP contribution in [-0.4, -0.2) is 23.9 Å². The van der Waals surface area contributed by atoms with Gasteiger partial charge in [-0.3, -0.25) is 0 Å². The maximum absolute atomic E-state index is 8.99. The van der Waals surface area contributed by atoms with Gasteiger partial charge in [-0.25, -0.2) is 0 Å². The zero-order valence-corrected chi connectivity index (χ0v) is 12.9. The van der Waals surface area contributed by atoms with Crippen molar-refractivity contribution < 1.29 is 9.84 Å². The van der Waals surface area contributed by atoms with Crippen LogP contribution in [0.5, 0.6) is 5.75 Å². The van der Waals surface area contributed by atoms with E-state index < -0.39 is 0 Å². The lowest BCUT2D eigenvalue weighted by molar-refractivity contribution is 0.137. The van der Waals surface area contributed by atoms with Gasteiger partial charge in [0.05, 0.1) is 0 Å². The van der Waals surface area contributed by atoms with E-state index in [0.717, 1.165) is 38.1 Å². The molecule has 112 valence electrons. The number of benzene rings is 1. The summed E-state index contributed by atoms with van der Waals surface area (Å²) in [7, 11) is 0. The Morgan fingerprint density at radius 2 is 2.20 bits per heavy atom. The lowest BCUT2D eigenvalue weighted by Gasteiger charge is -2.18. The molecule has 0 bridgehead atoms. The number of hydrogen-bond acceptors (Lipinski definition) is 3. The Labute approximate surface area is 122 Å². The average Bonchev–Trinajstić information content (AvgIpc) is 2.72. The van der Waals surface area contributed by atoms with E-state index in [1.807, 2.05) is 0 Å². The second-order valence-electron chi connectivity index (χ2n) is 6.55. The van der Waals surface area contributed by atoms with Gasteiger partial charge >= 0.3 is 0 Å². The van der Waals surface area contributed by atoms with Gasteiger partial charge in [0, 0.05) is 25.1 Å². The van der Waals surface area contributed by atoms with Crippen LogP contribution < -0.4 is 10.1 Å². The number of aliphatic hydroxyl groups excluding tert-OH is 1. The summed E-state index contributed by atoms with van der Waals surface area (Å²) >= 11 is 0. The van der Waals surface area contributed by atoms with E-state index in [1.54, 1.807) is 0 Å². The number of aliphatic hydroxyl groups is 1. The molecule has 3 heteroatoms. The predicted octanol–water partition coefficient (Wildman–Crippen LogP) is 2.90. The molecule has 0 aromatic heterocycles. The maximum atomic E-state index is 8.99. The van der Waals surface area contributed by atoms with Crippen LogP contribution in [0.2, 0.25) is 0 Å². The summed E-state index contributed by atoms with van der Waals surface area (Å²) in [6, 6.07) is 6.43. The fourth-order valence-corrected chi connectivity index (χ4v) is 2.71. The summed E-state index contributed by atoms with van der Waals surface area (Å²) in [6.07, 6.45) is 3.16. The summed E-state index contributed by atoms with van der Waals surface area (Å²) in [4.78, 5) is 0. The van der Waals surface area contributed by atoms with Crippen LogP contribution in [0.1, 0.15) is 44.7 Å². The molecule has 2 N–H and O–H groups in total. The monoisotopic (exact) mass is 277 g/mol. The van der Waals surface area contributed by atoms with Crippen molar-refractivity contribution in [3.05, 3.63) is 29.3 Å². The molecule has 3 nitrogen and oxygen atoms in total. The SMILES string of the molecule is CC(CO)CCCNCc1cccc2c1OC(C)(C)C2. The number of para-hydroxylation sites is 1. The average molecular weight is 277 g/mol. The first kappa shape index (κ1) is 15.3. The van der Waals surface area contributed by atoms with Gasteiger partial charge in [0.2, 0.25) is 0 Å². The summed E-state index contributed by atoms with van der Waals surface area (Å²) < 4.78 is 6.07. The van der Waals surface area contributed by atoms with Gasteiger partial charge in [-0.15, -0.1) is 0 Å². The number of rotatable bonds is 7. The molecule has 0 amide bonds. The highest BCUT2D eigenvalue weighted by Crippen LogP contribution is 2.37. The first-order valence-electron chi connectivity index (χ1n) is 7.63. The van der Waals surface area contributed by atoms with Gasteiger partial charge in [0.1, 0.15) is 11.4 Å². The molecule has 0 spiro atoms. The fourth-order valence-electron chi connectivity index (χ4n) is 2.71. The third-order valence-electron chi connectivity index (χ3n) is 3.85. The van der Waals surface area contributed by atoms with E-state index in [1.165, 1.54) is 11.1 Å². The molecule has 0 saturated carbocycles. The normalized spacial score (nSPS) is 17.6. The minimum atomic E-state index is -0.0744. The van der Waals surface area contributed by atoms with Crippen LogP contribution in [0.4, 0.5) is 0 Å². The molecule has 1 unspecified atom stereocenters. The molecule has 1 aromatic rings. The third-order valence-corrected chi connectivity index (χ3v) is 3.85. The van der Waals surface area contributed by atoms with Crippen molar-refractivity contribution in [1.82, 2.24) is 5.32 Å². The fraction of sp³-hybridized carbons (Fsp3) is 0.647. The molecular formula is C17H27NO2. The Hall–Kier alpha value is -1.06. The Kier molecular flexibility index (Phi) is 5.06. The minimum Gasteiger partial charge on any atom is -0.487 e. The highest BCUT2D eigenvalue weighted by Gasteiger charge is 2.31. The number of hydrogen-bond donors (Lipinski definition) is 2. The molecule has 20 heavy (non-hydrogen) atoms. The molecule has 0 saturated heterocycles. The number of fused-ring (bicyclic) bond motifs is 1. The van der Waals surface area contributed by atoms with Crippen LogP contribution in [0.15, 0.2) is 18.2 Å². The topological polar surface area (TPSA) is 41.5 Å². The molecule has 0 aliphatic carbocycles. The van der Waals surface area contributed by atoms with E-state index in [-0.39, 0.29) is 12.2 Å². The van der Waals surface area contributed by atoms with Crippen molar-refractivity contribution in [3.63, 3.8) is 0 Å². The first-order chi connectivity index (χ1) is 9.52. The zero-order valence-electron chi connectivity index (χ0n) is 12.9. The van der Waals surface area contributed by atoms with E-state index in [2.05, 4.69) is 44.3 Å². The van der Waals surface area contributed by atoms with E-state index >= 15 is 0 Å². The summed E-state index contributed by atoms with van der Waals surface area (Å²) in [5.74, 6) is 1.48. The molecule has 1 aliphatic rings. The molecule has 2 rings (SSSR count). The smallest absolute Gasteiger partial charge is 0.127 e. The number of nitrogens with one attached hydrogen (secondary N) is 1.